The van der Waals surface area contributed by atoms with Crippen LogP contribution in [0, 0.1) is 0 Å². The summed E-state index contributed by atoms with van der Waals surface area (Å²) < 4.78 is 0.527. The Hall–Kier alpha value is -1.96. The summed E-state index contributed by atoms with van der Waals surface area (Å²) in [6.07, 6.45) is 0.560. The van der Waals surface area contributed by atoms with Crippen LogP contribution in [0.25, 0.3) is 0 Å². The molecule has 1 heterocycles. The largest absolute Gasteiger partial charge is 0.481 e. The normalized spacial score (nSPS) is 11.6. The molecule has 0 fully saturated rings. The molecule has 0 aliphatic heterocycles. The summed E-state index contributed by atoms with van der Waals surface area (Å²) >= 11 is 3.09. The van der Waals surface area contributed by atoms with Crippen LogP contribution in [0.4, 0.5) is 0 Å². The third kappa shape index (κ3) is 4.13. The molecule has 0 radical (unpaired) electrons. The smallest absolute Gasteiger partial charge is 0.326 e. The van der Waals surface area contributed by atoms with E-state index >= 15 is 0 Å². The molecular formula is C10H9BrN2O5. The van der Waals surface area contributed by atoms with Gasteiger partial charge in [-0.05, 0) is 28.1 Å². The summed E-state index contributed by atoms with van der Waals surface area (Å²) in [5, 5.41) is 19.4. The van der Waals surface area contributed by atoms with Gasteiger partial charge in [0.15, 0.2) is 0 Å². The Morgan fingerprint density at radius 3 is 2.44 bits per heavy atom. The molecule has 0 bridgehead atoms. The van der Waals surface area contributed by atoms with Gasteiger partial charge in [0.2, 0.25) is 0 Å². The van der Waals surface area contributed by atoms with Crippen molar-refractivity contribution < 1.29 is 24.6 Å². The number of hydrogen-bond donors (Lipinski definition) is 3. The average Bonchev–Trinajstić information content (AvgIpc) is 2.28. The van der Waals surface area contributed by atoms with Crippen molar-refractivity contribution in [3.63, 3.8) is 0 Å². The number of pyridine rings is 1. The summed E-state index contributed by atoms with van der Waals surface area (Å²) in [6, 6.07) is 1.48. The van der Waals surface area contributed by atoms with E-state index in [2.05, 4.69) is 26.2 Å². The monoisotopic (exact) mass is 316 g/mol. The Bertz CT molecular complexity index is 474. The van der Waals surface area contributed by atoms with Crippen molar-refractivity contribution in [3.8, 4) is 0 Å². The zero-order chi connectivity index (χ0) is 13.7. The molecule has 0 saturated carbocycles. The van der Waals surface area contributed by atoms with Crippen molar-refractivity contribution in [2.75, 3.05) is 0 Å². The van der Waals surface area contributed by atoms with Crippen LogP contribution >= 0.6 is 15.9 Å². The summed E-state index contributed by atoms with van der Waals surface area (Å²) in [5.74, 6) is -3.41. The first-order chi connectivity index (χ1) is 8.40. The fourth-order valence-corrected chi connectivity index (χ4v) is 1.36. The van der Waals surface area contributed by atoms with Crippen molar-refractivity contribution >= 4 is 33.8 Å². The minimum atomic E-state index is -1.47. The molecule has 1 rings (SSSR count). The Morgan fingerprint density at radius 1 is 1.33 bits per heavy atom. The van der Waals surface area contributed by atoms with E-state index < -0.39 is 30.3 Å². The third-order valence-corrected chi connectivity index (χ3v) is 2.44. The highest BCUT2D eigenvalue weighted by Gasteiger charge is 2.23. The number of aromatic nitrogens is 1. The highest BCUT2D eigenvalue weighted by Crippen LogP contribution is 2.06. The highest BCUT2D eigenvalue weighted by molar-refractivity contribution is 9.10. The molecule has 1 aromatic rings. The molecule has 18 heavy (non-hydrogen) atoms. The van der Waals surface area contributed by atoms with Gasteiger partial charge in [0, 0.05) is 6.20 Å². The number of nitrogens with one attached hydrogen (secondary N) is 1. The molecule has 1 aromatic heterocycles. The summed E-state index contributed by atoms with van der Waals surface area (Å²) in [6.45, 7) is 0. The number of hydrogen-bond acceptors (Lipinski definition) is 4. The number of halogens is 1. The van der Waals surface area contributed by atoms with Gasteiger partial charge in [-0.3, -0.25) is 9.59 Å². The lowest BCUT2D eigenvalue weighted by Crippen LogP contribution is -2.42. The zero-order valence-corrected chi connectivity index (χ0v) is 10.5. The molecule has 0 spiro atoms. The van der Waals surface area contributed by atoms with Gasteiger partial charge < -0.3 is 15.5 Å². The fraction of sp³-hybridized carbons (Fsp3) is 0.200. The number of carbonyl (C=O) groups excluding carboxylic acids is 1. The predicted octanol–water partition coefficient (Wildman–Crippen LogP) is 0.502. The van der Waals surface area contributed by atoms with Gasteiger partial charge >= 0.3 is 11.9 Å². The van der Waals surface area contributed by atoms with Gasteiger partial charge in [0.05, 0.1) is 12.0 Å². The average molecular weight is 317 g/mol. The van der Waals surface area contributed by atoms with E-state index in [1.165, 1.54) is 18.3 Å². The minimum Gasteiger partial charge on any atom is -0.481 e. The topological polar surface area (TPSA) is 117 Å². The molecule has 7 nitrogen and oxygen atoms in total. The standard InChI is InChI=1S/C10H9BrN2O5/c11-7-2-1-5(4-12-7)9(16)13-6(10(17)18)3-8(14)15/h1-2,4,6H,3H2,(H,13,16)(H,14,15)(H,17,18)/t6-/m1/s1. The summed E-state index contributed by atoms with van der Waals surface area (Å²) in [7, 11) is 0. The quantitative estimate of drug-likeness (QED) is 0.681. The number of aliphatic carboxylic acids is 2. The van der Waals surface area contributed by atoms with Crippen LogP contribution in [0.5, 0.6) is 0 Å². The number of nitrogens with zero attached hydrogens (tertiary/aromatic N) is 1. The van der Waals surface area contributed by atoms with E-state index in [0.717, 1.165) is 0 Å². The predicted molar refractivity (Wildman–Crippen MR) is 63.1 cm³/mol. The number of amides is 1. The molecule has 0 unspecified atom stereocenters. The molecular weight excluding hydrogens is 308 g/mol. The number of carboxylic acids is 2. The molecule has 0 aliphatic rings. The second-order valence-corrected chi connectivity index (χ2v) is 4.14. The van der Waals surface area contributed by atoms with Gasteiger partial charge in [-0.15, -0.1) is 0 Å². The van der Waals surface area contributed by atoms with Crippen LogP contribution in [-0.2, 0) is 9.59 Å². The number of carboxylic acid groups (broad SMARTS) is 2. The molecule has 0 aromatic carbocycles. The van der Waals surface area contributed by atoms with E-state index in [0.29, 0.717) is 4.60 Å². The van der Waals surface area contributed by atoms with E-state index in [4.69, 9.17) is 10.2 Å². The van der Waals surface area contributed by atoms with Crippen molar-refractivity contribution in [1.82, 2.24) is 10.3 Å². The lowest BCUT2D eigenvalue weighted by atomic mass is 10.2. The first-order valence-corrected chi connectivity index (χ1v) is 5.56. The first kappa shape index (κ1) is 14.1. The maximum absolute atomic E-state index is 11.6. The number of rotatable bonds is 5. The summed E-state index contributed by atoms with van der Waals surface area (Å²) in [4.78, 5) is 36.6. The van der Waals surface area contributed by atoms with Crippen molar-refractivity contribution in [2.24, 2.45) is 0 Å². The van der Waals surface area contributed by atoms with E-state index in [1.54, 1.807) is 0 Å². The van der Waals surface area contributed by atoms with Crippen molar-refractivity contribution in [3.05, 3.63) is 28.5 Å². The Morgan fingerprint density at radius 2 is 2.00 bits per heavy atom. The highest BCUT2D eigenvalue weighted by atomic mass is 79.9. The fourth-order valence-electron chi connectivity index (χ4n) is 1.13. The van der Waals surface area contributed by atoms with Crippen molar-refractivity contribution in [2.45, 2.75) is 12.5 Å². The zero-order valence-electron chi connectivity index (χ0n) is 8.96. The van der Waals surface area contributed by atoms with E-state index in [-0.39, 0.29) is 5.56 Å². The van der Waals surface area contributed by atoms with Crippen LogP contribution in [0.1, 0.15) is 16.8 Å². The van der Waals surface area contributed by atoms with Crippen molar-refractivity contribution in [1.29, 1.82) is 0 Å². The van der Waals surface area contributed by atoms with E-state index in [9.17, 15) is 14.4 Å². The lowest BCUT2D eigenvalue weighted by Gasteiger charge is -2.12. The first-order valence-electron chi connectivity index (χ1n) is 4.77. The minimum absolute atomic E-state index is 0.148. The van der Waals surface area contributed by atoms with Gasteiger partial charge in [0.25, 0.3) is 5.91 Å². The van der Waals surface area contributed by atoms with Crippen LogP contribution in [0.15, 0.2) is 22.9 Å². The Labute approximate surface area is 110 Å². The molecule has 8 heteroatoms. The summed E-state index contributed by atoms with van der Waals surface area (Å²) in [5.41, 5.74) is 0.148. The molecule has 0 aliphatic carbocycles. The third-order valence-electron chi connectivity index (χ3n) is 1.97. The molecule has 1 amide bonds. The molecule has 96 valence electrons. The van der Waals surface area contributed by atoms with Crippen LogP contribution in [0.2, 0.25) is 0 Å². The molecule has 1 atom stereocenters. The molecule has 0 saturated heterocycles. The Balaban J connectivity index is 2.75. The number of carbonyl (C=O) groups is 3. The second-order valence-electron chi connectivity index (χ2n) is 3.33. The van der Waals surface area contributed by atoms with E-state index in [1.807, 2.05) is 0 Å². The second kappa shape index (κ2) is 6.10. The van der Waals surface area contributed by atoms with Crippen LogP contribution in [0.3, 0.4) is 0 Å². The lowest BCUT2D eigenvalue weighted by molar-refractivity contribution is -0.145. The van der Waals surface area contributed by atoms with Crippen LogP contribution in [-0.4, -0.2) is 39.1 Å². The Kier molecular flexibility index (Phi) is 4.78. The van der Waals surface area contributed by atoms with Gasteiger partial charge in [0.1, 0.15) is 10.6 Å². The maximum Gasteiger partial charge on any atom is 0.326 e. The van der Waals surface area contributed by atoms with Gasteiger partial charge in [-0.1, -0.05) is 0 Å². The van der Waals surface area contributed by atoms with Gasteiger partial charge in [-0.25, -0.2) is 9.78 Å². The van der Waals surface area contributed by atoms with Crippen LogP contribution < -0.4 is 5.32 Å². The molecule has 3 N–H and O–H groups in total. The SMILES string of the molecule is O=C(O)C[C@@H](NC(=O)c1ccc(Br)nc1)C(=O)O. The van der Waals surface area contributed by atoms with Gasteiger partial charge in [-0.2, -0.15) is 0 Å². The maximum atomic E-state index is 11.6.